The fraction of sp³-hybridized carbons (Fsp3) is 0.640. The minimum atomic E-state index is 0.102. The predicted octanol–water partition coefficient (Wildman–Crippen LogP) is 3.77. The van der Waals surface area contributed by atoms with Gasteiger partial charge in [0.25, 0.3) is 0 Å². The molecule has 2 aliphatic rings. The third-order valence-corrected chi connectivity index (χ3v) is 6.75. The molecule has 0 atom stereocenters. The van der Waals surface area contributed by atoms with Gasteiger partial charge in [0, 0.05) is 56.3 Å². The van der Waals surface area contributed by atoms with E-state index in [1.807, 2.05) is 18.2 Å². The first-order chi connectivity index (χ1) is 15.0. The van der Waals surface area contributed by atoms with Crippen molar-refractivity contribution in [1.82, 2.24) is 10.2 Å². The molecule has 1 amide bonds. The van der Waals surface area contributed by atoms with Crippen LogP contribution in [-0.4, -0.2) is 55.4 Å². The maximum atomic E-state index is 11.9. The number of ketones is 1. The van der Waals surface area contributed by atoms with Gasteiger partial charge in [-0.3, -0.25) is 14.5 Å². The van der Waals surface area contributed by atoms with Crippen molar-refractivity contribution in [3.63, 3.8) is 0 Å². The van der Waals surface area contributed by atoms with E-state index < -0.39 is 0 Å². The van der Waals surface area contributed by atoms with E-state index in [1.54, 1.807) is 6.92 Å². The van der Waals surface area contributed by atoms with E-state index >= 15 is 0 Å². The lowest BCUT2D eigenvalue weighted by Gasteiger charge is -2.37. The molecule has 6 nitrogen and oxygen atoms in total. The van der Waals surface area contributed by atoms with Crippen LogP contribution in [-0.2, 0) is 4.79 Å². The number of hydrogen-bond acceptors (Lipinski definition) is 5. The molecular weight excluding hydrogens is 388 g/mol. The second kappa shape index (κ2) is 11.9. The Labute approximate surface area is 186 Å². The highest BCUT2D eigenvalue weighted by Crippen LogP contribution is 2.27. The average molecular weight is 425 g/mol. The Bertz CT molecular complexity index is 772. The second-order valence-corrected chi connectivity index (χ2v) is 9.02. The molecule has 0 bridgehead atoms. The van der Waals surface area contributed by atoms with Crippen LogP contribution in [0.15, 0.2) is 24.3 Å². The summed E-state index contributed by atoms with van der Waals surface area (Å²) < 4.78 is 0. The zero-order chi connectivity index (χ0) is 22.1. The lowest BCUT2D eigenvalue weighted by molar-refractivity contribution is -0.122. The highest BCUT2D eigenvalue weighted by atomic mass is 16.1. The molecule has 1 aromatic carbocycles. The smallest absolute Gasteiger partial charge is 0.220 e. The number of anilines is 1. The van der Waals surface area contributed by atoms with Crippen molar-refractivity contribution in [2.75, 3.05) is 37.6 Å². The number of piperazine rings is 1. The Hall–Kier alpha value is -2.39. The summed E-state index contributed by atoms with van der Waals surface area (Å²) in [6.07, 6.45) is 7.37. The summed E-state index contributed by atoms with van der Waals surface area (Å²) in [6, 6.07) is 10.4. The largest absolute Gasteiger partial charge is 0.369 e. The summed E-state index contributed by atoms with van der Waals surface area (Å²) in [7, 11) is 0. The average Bonchev–Trinajstić information content (AvgIpc) is 2.79. The standard InChI is InChI=1S/C25H36N4O2/c1-20(30)22-5-4-6-24(19-22)29-17-15-28(16-18-29)14-12-21-8-10-23(11-9-21)27-25(31)7-2-3-13-26/h4-6,19,21,23H,2-3,7-12,14-18H2,1H3,(H,27,31)/t21-,23-. The molecule has 1 aliphatic heterocycles. The third kappa shape index (κ3) is 7.36. The zero-order valence-electron chi connectivity index (χ0n) is 18.8. The SMILES string of the molecule is CC(=O)c1cccc(N2CCN(CC[C@H]3CC[C@H](NC(=O)CCCC#N)CC3)CC2)c1. The van der Waals surface area contributed by atoms with Crippen molar-refractivity contribution in [2.24, 2.45) is 5.92 Å². The maximum Gasteiger partial charge on any atom is 0.220 e. The summed E-state index contributed by atoms with van der Waals surface area (Å²) in [6.45, 7) is 6.92. The highest BCUT2D eigenvalue weighted by Gasteiger charge is 2.24. The first-order valence-corrected chi connectivity index (χ1v) is 11.8. The van der Waals surface area contributed by atoms with Crippen LogP contribution < -0.4 is 10.2 Å². The van der Waals surface area contributed by atoms with Gasteiger partial charge in [0.2, 0.25) is 5.91 Å². The van der Waals surface area contributed by atoms with E-state index in [0.29, 0.717) is 25.3 Å². The van der Waals surface area contributed by atoms with Gasteiger partial charge in [0.1, 0.15) is 0 Å². The van der Waals surface area contributed by atoms with Crippen LogP contribution >= 0.6 is 0 Å². The van der Waals surface area contributed by atoms with Crippen LogP contribution in [0.1, 0.15) is 68.6 Å². The minimum absolute atomic E-state index is 0.102. The number of nitrogens with one attached hydrogen (secondary N) is 1. The van der Waals surface area contributed by atoms with Crippen molar-refractivity contribution < 1.29 is 9.59 Å². The van der Waals surface area contributed by atoms with Gasteiger partial charge in [-0.25, -0.2) is 0 Å². The normalized spacial score (nSPS) is 22.0. The molecule has 1 saturated carbocycles. The van der Waals surface area contributed by atoms with Crippen LogP contribution in [0.4, 0.5) is 5.69 Å². The van der Waals surface area contributed by atoms with E-state index in [0.717, 1.165) is 62.7 Å². The molecule has 0 unspecified atom stereocenters. The third-order valence-electron chi connectivity index (χ3n) is 6.75. The molecule has 3 rings (SSSR count). The van der Waals surface area contributed by atoms with Crippen LogP contribution in [0.3, 0.4) is 0 Å². The summed E-state index contributed by atoms with van der Waals surface area (Å²) in [4.78, 5) is 28.5. The number of hydrogen-bond donors (Lipinski definition) is 1. The second-order valence-electron chi connectivity index (χ2n) is 9.02. The molecule has 6 heteroatoms. The Morgan fingerprint density at radius 2 is 1.87 bits per heavy atom. The van der Waals surface area contributed by atoms with E-state index in [-0.39, 0.29) is 11.7 Å². The zero-order valence-corrected chi connectivity index (χ0v) is 18.8. The van der Waals surface area contributed by atoms with Crippen molar-refractivity contribution in [3.05, 3.63) is 29.8 Å². The maximum absolute atomic E-state index is 11.9. The molecule has 1 saturated heterocycles. The number of nitriles is 1. The number of amides is 1. The summed E-state index contributed by atoms with van der Waals surface area (Å²) in [5.41, 5.74) is 1.94. The topological polar surface area (TPSA) is 76.4 Å². The first-order valence-electron chi connectivity index (χ1n) is 11.8. The number of Topliss-reactive ketones (excluding diaryl/α,β-unsaturated/α-hetero) is 1. The van der Waals surface area contributed by atoms with Crippen molar-refractivity contribution >= 4 is 17.4 Å². The Morgan fingerprint density at radius 3 is 2.55 bits per heavy atom. The summed E-state index contributed by atoms with van der Waals surface area (Å²) in [5, 5.41) is 11.7. The van der Waals surface area contributed by atoms with Crippen LogP contribution in [0, 0.1) is 17.2 Å². The molecule has 0 aromatic heterocycles. The van der Waals surface area contributed by atoms with E-state index in [4.69, 9.17) is 5.26 Å². The fourth-order valence-electron chi connectivity index (χ4n) is 4.74. The monoisotopic (exact) mass is 424 g/mol. The van der Waals surface area contributed by atoms with Gasteiger partial charge in [-0.2, -0.15) is 5.26 Å². The van der Waals surface area contributed by atoms with Gasteiger partial charge in [0.15, 0.2) is 5.78 Å². The molecule has 1 aliphatic carbocycles. The van der Waals surface area contributed by atoms with Crippen molar-refractivity contribution in [1.29, 1.82) is 5.26 Å². The number of carbonyl (C=O) groups excluding carboxylic acids is 2. The molecular formula is C25H36N4O2. The van der Waals surface area contributed by atoms with E-state index in [1.165, 1.54) is 19.3 Å². The number of rotatable bonds is 9. The van der Waals surface area contributed by atoms with E-state index in [2.05, 4.69) is 27.3 Å². The molecule has 1 N–H and O–H groups in total. The summed E-state index contributed by atoms with van der Waals surface area (Å²) >= 11 is 0. The lowest BCUT2D eigenvalue weighted by Crippen LogP contribution is -2.47. The molecule has 1 aromatic rings. The fourth-order valence-corrected chi connectivity index (χ4v) is 4.74. The van der Waals surface area contributed by atoms with Crippen molar-refractivity contribution in [2.45, 2.75) is 64.3 Å². The van der Waals surface area contributed by atoms with Gasteiger partial charge >= 0.3 is 0 Å². The van der Waals surface area contributed by atoms with Crippen LogP contribution in [0.25, 0.3) is 0 Å². The molecule has 168 valence electrons. The van der Waals surface area contributed by atoms with Gasteiger partial charge in [-0.15, -0.1) is 0 Å². The number of carbonyl (C=O) groups is 2. The number of nitrogens with zero attached hydrogens (tertiary/aromatic N) is 3. The van der Waals surface area contributed by atoms with Gasteiger partial charge in [-0.05, 0) is 70.0 Å². The molecule has 31 heavy (non-hydrogen) atoms. The molecule has 0 spiro atoms. The number of unbranched alkanes of at least 4 members (excludes halogenated alkanes) is 1. The molecule has 1 heterocycles. The highest BCUT2D eigenvalue weighted by molar-refractivity contribution is 5.95. The first kappa shape index (κ1) is 23.3. The van der Waals surface area contributed by atoms with Crippen LogP contribution in [0.5, 0.6) is 0 Å². The van der Waals surface area contributed by atoms with Gasteiger partial charge < -0.3 is 10.2 Å². The summed E-state index contributed by atoms with van der Waals surface area (Å²) in [5.74, 6) is 0.983. The Morgan fingerprint density at radius 1 is 1.13 bits per heavy atom. The molecule has 2 fully saturated rings. The van der Waals surface area contributed by atoms with Gasteiger partial charge in [0.05, 0.1) is 6.07 Å². The molecule has 0 radical (unpaired) electrons. The lowest BCUT2D eigenvalue weighted by atomic mass is 9.84. The van der Waals surface area contributed by atoms with Crippen molar-refractivity contribution in [3.8, 4) is 6.07 Å². The van der Waals surface area contributed by atoms with Gasteiger partial charge in [-0.1, -0.05) is 12.1 Å². The minimum Gasteiger partial charge on any atom is -0.369 e. The quantitative estimate of drug-likeness (QED) is 0.482. The van der Waals surface area contributed by atoms with E-state index in [9.17, 15) is 9.59 Å². The predicted molar refractivity (Wildman–Crippen MR) is 123 cm³/mol. The Kier molecular flexibility index (Phi) is 8.90. The Balaban J connectivity index is 1.32. The van der Waals surface area contributed by atoms with Crippen LogP contribution in [0.2, 0.25) is 0 Å². The number of benzene rings is 1.